The molecule has 2 aromatic rings. The van der Waals surface area contributed by atoms with Crippen molar-refractivity contribution >= 4 is 11.8 Å². The number of rotatable bonds is 3. The Morgan fingerprint density at radius 3 is 2.70 bits per heavy atom. The quantitative estimate of drug-likeness (QED) is 0.904. The summed E-state index contributed by atoms with van der Waals surface area (Å²) in [5.74, 6) is -0.510. The number of aromatic hydroxyl groups is 1. The summed E-state index contributed by atoms with van der Waals surface area (Å²) >= 11 is 0. The molecule has 1 aromatic heterocycles. The molecule has 6 heteroatoms. The van der Waals surface area contributed by atoms with E-state index in [-0.39, 0.29) is 17.2 Å². The van der Waals surface area contributed by atoms with E-state index < -0.39 is 5.97 Å². The Morgan fingerprint density at radius 1 is 1.30 bits per heavy atom. The van der Waals surface area contributed by atoms with Gasteiger partial charge >= 0.3 is 5.97 Å². The normalized spacial score (nSPS) is 16.7. The number of carbonyl (C=O) groups is 1. The molecule has 0 bridgehead atoms. The summed E-state index contributed by atoms with van der Waals surface area (Å²) in [6.45, 7) is 0.490. The predicted octanol–water partition coefficient (Wildman–Crippen LogP) is 2.50. The second kappa shape index (κ2) is 5.81. The molecule has 1 aliphatic rings. The van der Waals surface area contributed by atoms with Crippen molar-refractivity contribution in [2.75, 3.05) is 11.4 Å². The highest BCUT2D eigenvalue weighted by Gasteiger charge is 2.27. The van der Waals surface area contributed by atoms with Crippen molar-refractivity contribution in [3.05, 3.63) is 65.5 Å². The molecule has 23 heavy (non-hydrogen) atoms. The van der Waals surface area contributed by atoms with Crippen molar-refractivity contribution < 1.29 is 15.0 Å². The van der Waals surface area contributed by atoms with E-state index in [0.717, 1.165) is 5.56 Å². The maximum Gasteiger partial charge on any atom is 0.335 e. The minimum Gasteiger partial charge on any atom is -0.508 e. The number of hydrogen-bond donors (Lipinski definition) is 2. The molecule has 2 N–H and O–H groups in total. The molecule has 1 unspecified atom stereocenters. The fraction of sp³-hybridized carbons (Fsp3) is 0.118. The first-order valence-corrected chi connectivity index (χ1v) is 6.95. The summed E-state index contributed by atoms with van der Waals surface area (Å²) in [6, 6.07) is 11.8. The van der Waals surface area contributed by atoms with E-state index in [1.807, 2.05) is 0 Å². The molecule has 0 spiro atoms. The topological polar surface area (TPSA) is 97.5 Å². The minimum atomic E-state index is -1.02. The van der Waals surface area contributed by atoms with Crippen LogP contribution >= 0.6 is 0 Å². The zero-order valence-corrected chi connectivity index (χ0v) is 12.0. The Bertz CT molecular complexity index is 822. The van der Waals surface area contributed by atoms with E-state index in [1.54, 1.807) is 35.4 Å². The van der Waals surface area contributed by atoms with Gasteiger partial charge in [-0.1, -0.05) is 12.1 Å². The molecule has 0 radical (unpaired) electrons. The molecule has 0 aliphatic carbocycles. The average molecular weight is 307 g/mol. The Hall–Kier alpha value is -3.33. The van der Waals surface area contributed by atoms with E-state index in [1.165, 1.54) is 18.3 Å². The molecule has 2 heterocycles. The highest BCUT2D eigenvalue weighted by atomic mass is 16.4. The first-order chi connectivity index (χ1) is 11.1. The van der Waals surface area contributed by atoms with Gasteiger partial charge in [0.05, 0.1) is 17.2 Å². The largest absolute Gasteiger partial charge is 0.508 e. The molecule has 0 fully saturated rings. The standard InChI is InChI=1S/C17H13N3O3/c18-8-13-9-20(16-7-12(17(22)23)5-6-19-16)10-15(13)11-1-3-14(21)4-2-11/h1-7,9,15,21H,10H2,(H,22,23). The van der Waals surface area contributed by atoms with Crippen molar-refractivity contribution in [1.29, 1.82) is 5.26 Å². The molecule has 114 valence electrons. The van der Waals surface area contributed by atoms with Crippen LogP contribution in [0.2, 0.25) is 0 Å². The number of carboxylic acids is 1. The van der Waals surface area contributed by atoms with Crippen LogP contribution in [0.5, 0.6) is 5.75 Å². The van der Waals surface area contributed by atoms with Gasteiger partial charge in [0, 0.05) is 24.9 Å². The average Bonchev–Trinajstić information content (AvgIpc) is 3.00. The monoisotopic (exact) mass is 307 g/mol. The van der Waals surface area contributed by atoms with Crippen LogP contribution in [0.4, 0.5) is 5.82 Å². The predicted molar refractivity (Wildman–Crippen MR) is 83.1 cm³/mol. The number of carboxylic acid groups (broad SMARTS) is 1. The molecular weight excluding hydrogens is 294 g/mol. The summed E-state index contributed by atoms with van der Waals surface area (Å²) in [7, 11) is 0. The number of benzene rings is 1. The number of phenolic OH excluding ortho intramolecular Hbond substituents is 1. The van der Waals surface area contributed by atoms with E-state index in [9.17, 15) is 15.2 Å². The summed E-state index contributed by atoms with van der Waals surface area (Å²) in [5, 5.41) is 27.8. The molecule has 6 nitrogen and oxygen atoms in total. The van der Waals surface area contributed by atoms with E-state index in [0.29, 0.717) is 17.9 Å². The van der Waals surface area contributed by atoms with Crippen LogP contribution in [-0.2, 0) is 0 Å². The molecular formula is C17H13N3O3. The van der Waals surface area contributed by atoms with Gasteiger partial charge in [0.25, 0.3) is 0 Å². The zero-order chi connectivity index (χ0) is 16.4. The third-order valence-electron chi connectivity index (χ3n) is 3.76. The number of nitrogens with zero attached hydrogens (tertiary/aromatic N) is 3. The van der Waals surface area contributed by atoms with Crippen LogP contribution in [0.1, 0.15) is 21.8 Å². The number of anilines is 1. The van der Waals surface area contributed by atoms with Crippen LogP contribution < -0.4 is 4.90 Å². The third-order valence-corrected chi connectivity index (χ3v) is 3.76. The smallest absolute Gasteiger partial charge is 0.335 e. The summed E-state index contributed by atoms with van der Waals surface area (Å²) in [4.78, 5) is 17.0. The second-order valence-electron chi connectivity index (χ2n) is 5.20. The zero-order valence-electron chi connectivity index (χ0n) is 12.0. The minimum absolute atomic E-state index is 0.143. The molecule has 0 saturated heterocycles. The maximum absolute atomic E-state index is 11.1. The number of nitriles is 1. The SMILES string of the molecule is N#CC1=CN(c2cc(C(=O)O)ccn2)CC1c1ccc(O)cc1. The lowest BCUT2D eigenvalue weighted by Crippen LogP contribution is -2.18. The Balaban J connectivity index is 1.91. The van der Waals surface area contributed by atoms with Crippen molar-refractivity contribution in [2.24, 2.45) is 0 Å². The number of phenols is 1. The van der Waals surface area contributed by atoms with Gasteiger partial charge in [-0.3, -0.25) is 0 Å². The Morgan fingerprint density at radius 2 is 2.04 bits per heavy atom. The lowest BCUT2D eigenvalue weighted by Gasteiger charge is -2.17. The van der Waals surface area contributed by atoms with Gasteiger partial charge in [0.15, 0.2) is 0 Å². The number of aromatic nitrogens is 1. The highest BCUT2D eigenvalue weighted by molar-refractivity contribution is 5.88. The van der Waals surface area contributed by atoms with Crippen molar-refractivity contribution in [2.45, 2.75) is 5.92 Å². The number of aromatic carboxylic acids is 1. The van der Waals surface area contributed by atoms with Gasteiger partial charge in [0.2, 0.25) is 0 Å². The van der Waals surface area contributed by atoms with Crippen molar-refractivity contribution in [3.8, 4) is 11.8 Å². The Kier molecular flexibility index (Phi) is 3.69. The first-order valence-electron chi connectivity index (χ1n) is 6.95. The van der Waals surface area contributed by atoms with E-state index in [2.05, 4.69) is 11.1 Å². The molecule has 1 atom stereocenters. The van der Waals surface area contributed by atoms with Crippen LogP contribution in [-0.4, -0.2) is 27.7 Å². The van der Waals surface area contributed by atoms with Crippen molar-refractivity contribution in [3.63, 3.8) is 0 Å². The van der Waals surface area contributed by atoms with Gasteiger partial charge in [-0.05, 0) is 29.8 Å². The van der Waals surface area contributed by atoms with Gasteiger partial charge in [0.1, 0.15) is 11.6 Å². The van der Waals surface area contributed by atoms with Gasteiger partial charge < -0.3 is 15.1 Å². The van der Waals surface area contributed by atoms with Crippen molar-refractivity contribution in [1.82, 2.24) is 4.98 Å². The highest BCUT2D eigenvalue weighted by Crippen LogP contribution is 2.33. The van der Waals surface area contributed by atoms with Gasteiger partial charge in [-0.15, -0.1) is 0 Å². The summed E-state index contributed by atoms with van der Waals surface area (Å²) in [5.41, 5.74) is 1.63. The van der Waals surface area contributed by atoms with Crippen LogP contribution in [0.15, 0.2) is 54.4 Å². The van der Waals surface area contributed by atoms with Crippen LogP contribution in [0, 0.1) is 11.3 Å². The van der Waals surface area contributed by atoms with Crippen LogP contribution in [0.3, 0.4) is 0 Å². The molecule has 0 amide bonds. The maximum atomic E-state index is 11.1. The third kappa shape index (κ3) is 2.85. The lowest BCUT2D eigenvalue weighted by molar-refractivity contribution is 0.0697. The van der Waals surface area contributed by atoms with Gasteiger partial charge in [-0.2, -0.15) is 5.26 Å². The molecule has 1 aliphatic heterocycles. The number of hydrogen-bond acceptors (Lipinski definition) is 5. The number of pyridine rings is 1. The fourth-order valence-corrected chi connectivity index (χ4v) is 2.57. The van der Waals surface area contributed by atoms with Crippen LogP contribution in [0.25, 0.3) is 0 Å². The van der Waals surface area contributed by atoms with E-state index >= 15 is 0 Å². The second-order valence-corrected chi connectivity index (χ2v) is 5.20. The van der Waals surface area contributed by atoms with Gasteiger partial charge in [-0.25, -0.2) is 9.78 Å². The lowest BCUT2D eigenvalue weighted by atomic mass is 9.94. The summed E-state index contributed by atoms with van der Waals surface area (Å²) in [6.07, 6.45) is 3.12. The Labute approximate surface area is 132 Å². The first kappa shape index (κ1) is 14.6. The molecule has 3 rings (SSSR count). The molecule has 1 aromatic carbocycles. The van der Waals surface area contributed by atoms with E-state index in [4.69, 9.17) is 5.11 Å². The fourth-order valence-electron chi connectivity index (χ4n) is 2.57. The molecule has 0 saturated carbocycles. The summed E-state index contributed by atoms with van der Waals surface area (Å²) < 4.78 is 0.